The molecule has 2 aromatic carbocycles. The van der Waals surface area contributed by atoms with Gasteiger partial charge < -0.3 is 0 Å². The average Bonchev–Trinajstić information content (AvgIpc) is 2.52. The van der Waals surface area contributed by atoms with Gasteiger partial charge >= 0.3 is 0 Å². The van der Waals surface area contributed by atoms with Gasteiger partial charge in [-0.25, -0.2) is 5.43 Å². The van der Waals surface area contributed by atoms with Gasteiger partial charge in [-0.3, -0.25) is 15.0 Å². The minimum atomic E-state index is -0.266. The number of hydrogen-bond donors (Lipinski definition) is 2. The molecule has 0 aliphatic carbocycles. The quantitative estimate of drug-likeness (QED) is 0.673. The molecule has 2 N–H and O–H groups in total. The Morgan fingerprint density at radius 3 is 2.05 bits per heavy atom. The molecule has 0 saturated carbocycles. The molecule has 0 unspecified atom stereocenters. The van der Waals surface area contributed by atoms with Crippen LogP contribution >= 0.6 is 0 Å². The lowest BCUT2D eigenvalue weighted by Gasteiger charge is -2.21. The molecule has 2 aromatic rings. The van der Waals surface area contributed by atoms with Crippen molar-refractivity contribution in [1.82, 2.24) is 10.9 Å². The van der Waals surface area contributed by atoms with Crippen LogP contribution in [0.1, 0.15) is 47.1 Å². The number of carbonyl (C=O) groups is 2. The lowest BCUT2D eigenvalue weighted by atomic mass is 10.0. The molecule has 0 heterocycles. The van der Waals surface area contributed by atoms with Crippen LogP contribution < -0.4 is 10.9 Å². The number of hydrogen-bond acceptors (Lipinski definition) is 3. The molecule has 0 fully saturated rings. The number of ketones is 1. The molecule has 4 nitrogen and oxygen atoms in total. The Labute approximate surface area is 130 Å². The molecule has 114 valence electrons. The van der Waals surface area contributed by atoms with Gasteiger partial charge in [-0.15, -0.1) is 0 Å². The highest BCUT2D eigenvalue weighted by Gasteiger charge is 2.14. The Morgan fingerprint density at radius 2 is 1.41 bits per heavy atom. The zero-order valence-corrected chi connectivity index (χ0v) is 13.0. The largest absolute Gasteiger partial charge is 0.289 e. The molecular formula is C18H20N2O2. The van der Waals surface area contributed by atoms with E-state index in [4.69, 9.17) is 0 Å². The molecule has 0 saturated heterocycles. The molecule has 0 spiro atoms. The third-order valence-corrected chi connectivity index (χ3v) is 2.97. The van der Waals surface area contributed by atoms with Crippen molar-refractivity contribution in [3.05, 3.63) is 71.3 Å². The monoisotopic (exact) mass is 296 g/mol. The van der Waals surface area contributed by atoms with E-state index in [9.17, 15) is 9.59 Å². The summed E-state index contributed by atoms with van der Waals surface area (Å²) in [5.74, 6) is -0.364. The first kappa shape index (κ1) is 15.9. The van der Waals surface area contributed by atoms with Crippen molar-refractivity contribution < 1.29 is 9.59 Å². The van der Waals surface area contributed by atoms with Gasteiger partial charge in [0.2, 0.25) is 0 Å². The minimum Gasteiger partial charge on any atom is -0.289 e. The normalized spacial score (nSPS) is 11.0. The molecule has 0 aliphatic rings. The van der Waals surface area contributed by atoms with E-state index in [0.717, 1.165) is 0 Å². The Bertz CT molecular complexity index is 673. The van der Waals surface area contributed by atoms with Crippen molar-refractivity contribution in [3.63, 3.8) is 0 Å². The summed E-state index contributed by atoms with van der Waals surface area (Å²) >= 11 is 0. The Kier molecular flexibility index (Phi) is 4.73. The van der Waals surface area contributed by atoms with E-state index in [1.807, 2.05) is 39.0 Å². The fourth-order valence-corrected chi connectivity index (χ4v) is 1.87. The van der Waals surface area contributed by atoms with Crippen molar-refractivity contribution in [2.24, 2.45) is 0 Å². The molecule has 1 amide bonds. The van der Waals surface area contributed by atoms with E-state index in [2.05, 4.69) is 10.9 Å². The van der Waals surface area contributed by atoms with Gasteiger partial charge in [-0.1, -0.05) is 42.5 Å². The smallest absolute Gasteiger partial charge is 0.265 e. The third-order valence-electron chi connectivity index (χ3n) is 2.97. The van der Waals surface area contributed by atoms with E-state index in [-0.39, 0.29) is 17.2 Å². The number of nitrogens with one attached hydrogen (secondary N) is 2. The van der Waals surface area contributed by atoms with Crippen molar-refractivity contribution in [3.8, 4) is 0 Å². The second kappa shape index (κ2) is 6.54. The second-order valence-corrected chi connectivity index (χ2v) is 6.11. The predicted molar refractivity (Wildman–Crippen MR) is 86.7 cm³/mol. The van der Waals surface area contributed by atoms with Crippen molar-refractivity contribution >= 4 is 11.7 Å². The van der Waals surface area contributed by atoms with E-state index >= 15 is 0 Å². The van der Waals surface area contributed by atoms with Crippen LogP contribution in [0.2, 0.25) is 0 Å². The van der Waals surface area contributed by atoms with Crippen LogP contribution in [0.4, 0.5) is 0 Å². The fraction of sp³-hybridized carbons (Fsp3) is 0.222. The summed E-state index contributed by atoms with van der Waals surface area (Å²) in [5.41, 5.74) is 6.87. The Hall–Kier alpha value is -2.46. The van der Waals surface area contributed by atoms with Crippen LogP contribution in [0.15, 0.2) is 54.6 Å². The van der Waals surface area contributed by atoms with Gasteiger partial charge in [0.05, 0.1) is 0 Å². The standard InChI is InChI=1S/C18H20N2O2/c1-18(2,3)20-19-17(22)15-11-7-10-14(12-15)16(21)13-8-5-4-6-9-13/h4-12,20H,1-3H3,(H,19,22). The van der Waals surface area contributed by atoms with E-state index in [1.54, 1.807) is 36.4 Å². The first-order valence-corrected chi connectivity index (χ1v) is 7.14. The lowest BCUT2D eigenvalue weighted by Crippen LogP contribution is -2.48. The molecular weight excluding hydrogens is 276 g/mol. The van der Waals surface area contributed by atoms with Crippen molar-refractivity contribution in [1.29, 1.82) is 0 Å². The number of benzene rings is 2. The number of carbonyl (C=O) groups excluding carboxylic acids is 2. The first-order valence-electron chi connectivity index (χ1n) is 7.14. The van der Waals surface area contributed by atoms with E-state index < -0.39 is 0 Å². The number of amides is 1. The van der Waals surface area contributed by atoms with Gasteiger partial charge in [-0.05, 0) is 32.9 Å². The lowest BCUT2D eigenvalue weighted by molar-refractivity contribution is 0.0914. The summed E-state index contributed by atoms with van der Waals surface area (Å²) in [4.78, 5) is 24.5. The molecule has 22 heavy (non-hydrogen) atoms. The van der Waals surface area contributed by atoms with Crippen LogP contribution in [-0.4, -0.2) is 17.2 Å². The van der Waals surface area contributed by atoms with E-state index in [0.29, 0.717) is 16.7 Å². The molecule has 0 aromatic heterocycles. The van der Waals surface area contributed by atoms with Crippen molar-refractivity contribution in [2.75, 3.05) is 0 Å². The zero-order chi connectivity index (χ0) is 16.2. The number of rotatable bonds is 4. The number of hydrazine groups is 1. The average molecular weight is 296 g/mol. The predicted octanol–water partition coefficient (Wildman–Crippen LogP) is 2.95. The molecule has 0 atom stereocenters. The minimum absolute atomic E-state index is 0.0981. The highest BCUT2D eigenvalue weighted by Crippen LogP contribution is 2.12. The third kappa shape index (κ3) is 4.27. The van der Waals surface area contributed by atoms with Gasteiger partial charge in [0.1, 0.15) is 0 Å². The summed E-state index contributed by atoms with van der Waals surface area (Å²) in [7, 11) is 0. The summed E-state index contributed by atoms with van der Waals surface area (Å²) in [6.07, 6.45) is 0. The van der Waals surface area contributed by atoms with Crippen LogP contribution in [0.5, 0.6) is 0 Å². The van der Waals surface area contributed by atoms with Gasteiger partial charge in [0.25, 0.3) is 5.91 Å². The SMILES string of the molecule is CC(C)(C)NNC(=O)c1cccc(C(=O)c2ccccc2)c1. The summed E-state index contributed by atoms with van der Waals surface area (Å²) < 4.78 is 0. The topological polar surface area (TPSA) is 58.2 Å². The van der Waals surface area contributed by atoms with Crippen LogP contribution in [-0.2, 0) is 0 Å². The fourth-order valence-electron chi connectivity index (χ4n) is 1.87. The summed E-state index contributed by atoms with van der Waals surface area (Å²) in [5, 5.41) is 0. The summed E-state index contributed by atoms with van der Waals surface area (Å²) in [6.45, 7) is 5.84. The summed E-state index contributed by atoms with van der Waals surface area (Å²) in [6, 6.07) is 15.7. The van der Waals surface area contributed by atoms with Crippen LogP contribution in [0.3, 0.4) is 0 Å². The van der Waals surface area contributed by atoms with Gasteiger partial charge in [0.15, 0.2) is 5.78 Å². The second-order valence-electron chi connectivity index (χ2n) is 6.11. The molecule has 4 heteroatoms. The maximum Gasteiger partial charge on any atom is 0.265 e. The van der Waals surface area contributed by atoms with E-state index in [1.165, 1.54) is 0 Å². The molecule has 0 radical (unpaired) electrons. The highest BCUT2D eigenvalue weighted by atomic mass is 16.2. The first-order chi connectivity index (χ1) is 10.4. The molecule has 2 rings (SSSR count). The van der Waals surface area contributed by atoms with Crippen LogP contribution in [0.25, 0.3) is 0 Å². The Morgan fingerprint density at radius 1 is 0.818 bits per heavy atom. The molecule has 0 bridgehead atoms. The highest BCUT2D eigenvalue weighted by molar-refractivity contribution is 6.10. The van der Waals surface area contributed by atoms with Gasteiger partial charge in [0, 0.05) is 22.2 Å². The van der Waals surface area contributed by atoms with Crippen molar-refractivity contribution in [2.45, 2.75) is 26.3 Å². The van der Waals surface area contributed by atoms with Crippen LogP contribution in [0, 0.1) is 0 Å². The maximum absolute atomic E-state index is 12.4. The van der Waals surface area contributed by atoms with Gasteiger partial charge in [-0.2, -0.15) is 0 Å². The Balaban J connectivity index is 2.16. The zero-order valence-electron chi connectivity index (χ0n) is 13.0. The maximum atomic E-state index is 12.4. The molecule has 0 aliphatic heterocycles.